The van der Waals surface area contributed by atoms with Crippen LogP contribution in [0.15, 0.2) is 60.7 Å². The summed E-state index contributed by atoms with van der Waals surface area (Å²) in [5.41, 5.74) is 1.71. The van der Waals surface area contributed by atoms with Crippen molar-refractivity contribution in [2.75, 3.05) is 6.61 Å². The van der Waals surface area contributed by atoms with E-state index in [2.05, 4.69) is 17.4 Å². The van der Waals surface area contributed by atoms with Crippen LogP contribution >= 0.6 is 0 Å². The maximum absolute atomic E-state index is 12.5. The van der Waals surface area contributed by atoms with E-state index in [1.54, 1.807) is 0 Å². The number of hydrogen-bond acceptors (Lipinski definition) is 2. The first-order valence-corrected chi connectivity index (χ1v) is 8.13. The molecule has 120 valence electrons. The number of amides is 1. The molecule has 1 fully saturated rings. The van der Waals surface area contributed by atoms with Crippen LogP contribution in [0, 0.1) is 5.92 Å². The number of nitrogens with one attached hydrogen (secondary N) is 1. The third-order valence-corrected chi connectivity index (χ3v) is 4.57. The Kier molecular flexibility index (Phi) is 4.49. The van der Waals surface area contributed by atoms with Gasteiger partial charge in [0.2, 0.25) is 5.91 Å². The van der Waals surface area contributed by atoms with Crippen LogP contribution in [0.1, 0.15) is 30.4 Å². The second-order valence-corrected chi connectivity index (χ2v) is 6.73. The lowest BCUT2D eigenvalue weighted by molar-refractivity contribution is -0.124. The standard InChI is InChI=1S/C20H23NO2/c1-20(14-22,13-15-8-4-2-5-9-15)21-19(23)18-12-17(18)16-10-6-3-7-11-16/h2-11,17-18,22H,12-14H2,1H3,(H,21,23)/t17?,18-,20?/m1/s1. The lowest BCUT2D eigenvalue weighted by atomic mass is 9.93. The number of aliphatic hydroxyl groups excluding tert-OH is 1. The Morgan fingerprint density at radius 1 is 1.13 bits per heavy atom. The summed E-state index contributed by atoms with van der Waals surface area (Å²) in [6, 6.07) is 20.1. The van der Waals surface area contributed by atoms with E-state index < -0.39 is 5.54 Å². The summed E-state index contributed by atoms with van der Waals surface area (Å²) >= 11 is 0. The molecule has 2 N–H and O–H groups in total. The quantitative estimate of drug-likeness (QED) is 0.862. The fourth-order valence-electron chi connectivity index (χ4n) is 3.13. The van der Waals surface area contributed by atoms with Crippen molar-refractivity contribution in [3.63, 3.8) is 0 Å². The van der Waals surface area contributed by atoms with E-state index in [1.807, 2.05) is 55.5 Å². The highest BCUT2D eigenvalue weighted by Crippen LogP contribution is 2.47. The van der Waals surface area contributed by atoms with Gasteiger partial charge in [0, 0.05) is 5.92 Å². The molecule has 0 heterocycles. The van der Waals surface area contributed by atoms with Crippen LogP contribution in [0.25, 0.3) is 0 Å². The van der Waals surface area contributed by atoms with Crippen LogP contribution in [-0.2, 0) is 11.2 Å². The molecule has 0 saturated heterocycles. The van der Waals surface area contributed by atoms with Gasteiger partial charge in [0.25, 0.3) is 0 Å². The molecule has 0 aromatic heterocycles. The molecule has 0 radical (unpaired) electrons. The van der Waals surface area contributed by atoms with Gasteiger partial charge in [0.1, 0.15) is 0 Å². The number of benzene rings is 2. The van der Waals surface area contributed by atoms with E-state index >= 15 is 0 Å². The molecule has 2 aromatic carbocycles. The lowest BCUT2D eigenvalue weighted by Gasteiger charge is -2.29. The predicted molar refractivity (Wildman–Crippen MR) is 91.1 cm³/mol. The highest BCUT2D eigenvalue weighted by atomic mass is 16.3. The van der Waals surface area contributed by atoms with Crippen molar-refractivity contribution in [3.05, 3.63) is 71.8 Å². The molecule has 3 atom stereocenters. The summed E-state index contributed by atoms with van der Waals surface area (Å²) in [6.07, 6.45) is 1.52. The Bertz CT molecular complexity index is 656. The summed E-state index contributed by atoms with van der Waals surface area (Å²) in [5.74, 6) is 0.390. The highest BCUT2D eigenvalue weighted by Gasteiger charge is 2.45. The molecular weight excluding hydrogens is 286 g/mol. The number of hydrogen-bond donors (Lipinski definition) is 2. The second-order valence-electron chi connectivity index (χ2n) is 6.73. The average molecular weight is 309 g/mol. The topological polar surface area (TPSA) is 49.3 Å². The zero-order valence-electron chi connectivity index (χ0n) is 13.4. The van der Waals surface area contributed by atoms with Crippen molar-refractivity contribution in [2.45, 2.75) is 31.2 Å². The fourth-order valence-corrected chi connectivity index (χ4v) is 3.13. The fraction of sp³-hybridized carbons (Fsp3) is 0.350. The molecule has 3 nitrogen and oxygen atoms in total. The van der Waals surface area contributed by atoms with Gasteiger partial charge in [-0.15, -0.1) is 0 Å². The summed E-state index contributed by atoms with van der Waals surface area (Å²) in [4.78, 5) is 12.5. The minimum Gasteiger partial charge on any atom is -0.394 e. The van der Waals surface area contributed by atoms with Gasteiger partial charge in [-0.1, -0.05) is 60.7 Å². The smallest absolute Gasteiger partial charge is 0.224 e. The first-order valence-electron chi connectivity index (χ1n) is 8.13. The van der Waals surface area contributed by atoms with Crippen molar-refractivity contribution >= 4 is 5.91 Å². The van der Waals surface area contributed by atoms with Crippen molar-refractivity contribution in [1.29, 1.82) is 0 Å². The Hall–Kier alpha value is -2.13. The minimum atomic E-state index is -0.623. The molecule has 0 aliphatic heterocycles. The monoisotopic (exact) mass is 309 g/mol. The molecule has 23 heavy (non-hydrogen) atoms. The van der Waals surface area contributed by atoms with Gasteiger partial charge in [-0.3, -0.25) is 4.79 Å². The van der Waals surface area contributed by atoms with E-state index in [-0.39, 0.29) is 18.4 Å². The van der Waals surface area contributed by atoms with E-state index in [0.717, 1.165) is 12.0 Å². The van der Waals surface area contributed by atoms with Gasteiger partial charge in [-0.2, -0.15) is 0 Å². The van der Waals surface area contributed by atoms with Crippen molar-refractivity contribution in [2.24, 2.45) is 5.92 Å². The number of aliphatic hydroxyl groups is 1. The predicted octanol–water partition coefficient (Wildman–Crippen LogP) is 2.90. The van der Waals surface area contributed by atoms with Crippen LogP contribution in [-0.4, -0.2) is 23.2 Å². The normalized spacial score (nSPS) is 22.2. The van der Waals surface area contributed by atoms with Crippen molar-refractivity contribution in [3.8, 4) is 0 Å². The molecule has 1 aliphatic carbocycles. The molecule has 0 bridgehead atoms. The SMILES string of the molecule is CC(CO)(Cc1ccccc1)NC(=O)[C@@H]1CC1c1ccccc1. The van der Waals surface area contributed by atoms with Crippen LogP contribution in [0.4, 0.5) is 0 Å². The molecule has 2 aromatic rings. The average Bonchev–Trinajstić information content (AvgIpc) is 3.37. The van der Waals surface area contributed by atoms with Gasteiger partial charge in [0.15, 0.2) is 0 Å². The lowest BCUT2D eigenvalue weighted by Crippen LogP contribution is -2.51. The van der Waals surface area contributed by atoms with E-state index in [0.29, 0.717) is 12.3 Å². The molecule has 2 unspecified atom stereocenters. The van der Waals surface area contributed by atoms with Gasteiger partial charge in [0.05, 0.1) is 12.1 Å². The Labute approximate surface area is 137 Å². The maximum atomic E-state index is 12.5. The van der Waals surface area contributed by atoms with Crippen molar-refractivity contribution < 1.29 is 9.90 Å². The first kappa shape index (κ1) is 15.8. The van der Waals surface area contributed by atoms with E-state index in [9.17, 15) is 9.90 Å². The zero-order chi connectivity index (χ0) is 16.3. The minimum absolute atomic E-state index is 0.0269. The Morgan fingerprint density at radius 3 is 2.35 bits per heavy atom. The summed E-state index contributed by atoms with van der Waals surface area (Å²) < 4.78 is 0. The van der Waals surface area contributed by atoms with Crippen LogP contribution in [0.5, 0.6) is 0 Å². The number of rotatable bonds is 6. The van der Waals surface area contributed by atoms with Crippen LogP contribution < -0.4 is 5.32 Å². The van der Waals surface area contributed by atoms with Crippen LogP contribution in [0.2, 0.25) is 0 Å². The van der Waals surface area contributed by atoms with E-state index in [1.165, 1.54) is 5.56 Å². The summed E-state index contributed by atoms with van der Waals surface area (Å²) in [7, 11) is 0. The second kappa shape index (κ2) is 6.55. The molecule has 1 amide bonds. The molecule has 1 aliphatic rings. The Balaban J connectivity index is 1.62. The summed E-state index contributed by atoms with van der Waals surface area (Å²) in [6.45, 7) is 1.83. The highest BCUT2D eigenvalue weighted by molar-refractivity contribution is 5.83. The van der Waals surface area contributed by atoms with Gasteiger partial charge < -0.3 is 10.4 Å². The third-order valence-electron chi connectivity index (χ3n) is 4.57. The molecule has 0 spiro atoms. The number of carbonyl (C=O) groups is 1. The maximum Gasteiger partial charge on any atom is 0.224 e. The van der Waals surface area contributed by atoms with Crippen LogP contribution in [0.3, 0.4) is 0 Å². The third kappa shape index (κ3) is 3.80. The molecule has 3 rings (SSSR count). The van der Waals surface area contributed by atoms with Gasteiger partial charge in [-0.05, 0) is 36.8 Å². The molecule has 1 saturated carbocycles. The van der Waals surface area contributed by atoms with Gasteiger partial charge >= 0.3 is 0 Å². The summed E-state index contributed by atoms with van der Waals surface area (Å²) in [5, 5.41) is 12.8. The first-order chi connectivity index (χ1) is 11.1. The molecular formula is C20H23NO2. The largest absolute Gasteiger partial charge is 0.394 e. The van der Waals surface area contributed by atoms with E-state index in [4.69, 9.17) is 0 Å². The zero-order valence-corrected chi connectivity index (χ0v) is 13.4. The Morgan fingerprint density at radius 2 is 1.74 bits per heavy atom. The van der Waals surface area contributed by atoms with Gasteiger partial charge in [-0.25, -0.2) is 0 Å². The number of carbonyl (C=O) groups excluding carboxylic acids is 1. The molecule has 3 heteroatoms. The van der Waals surface area contributed by atoms with Crippen molar-refractivity contribution in [1.82, 2.24) is 5.32 Å².